The van der Waals surface area contributed by atoms with Crippen LogP contribution in [0.15, 0.2) is 23.4 Å². The summed E-state index contributed by atoms with van der Waals surface area (Å²) < 4.78 is 13.6. The van der Waals surface area contributed by atoms with E-state index in [2.05, 4.69) is 9.97 Å². The molecular formula is C15H13FN4O2S2. The largest absolute Gasteiger partial charge is 0.383 e. The lowest BCUT2D eigenvalue weighted by atomic mass is 10.2. The molecular weight excluding hydrogens is 351 g/mol. The number of nitrogens with zero attached hydrogens (tertiary/aromatic N) is 3. The van der Waals surface area contributed by atoms with Crippen molar-refractivity contribution in [1.29, 1.82) is 0 Å². The van der Waals surface area contributed by atoms with E-state index in [-0.39, 0.29) is 0 Å². The molecule has 0 amide bonds. The number of thioether (sulfide) groups is 1. The number of hydrogen-bond donors (Lipinski definition) is 1. The van der Waals surface area contributed by atoms with Crippen molar-refractivity contribution in [3.8, 4) is 0 Å². The molecule has 0 unspecified atom stereocenters. The fourth-order valence-electron chi connectivity index (χ4n) is 2.26. The number of hydrogen-bond acceptors (Lipinski definition) is 7. The normalized spacial score (nSPS) is 11.1. The van der Waals surface area contributed by atoms with Crippen molar-refractivity contribution in [2.75, 3.05) is 5.73 Å². The molecule has 0 spiro atoms. The van der Waals surface area contributed by atoms with Crippen molar-refractivity contribution in [3.63, 3.8) is 0 Å². The quantitative estimate of drug-likeness (QED) is 0.322. The summed E-state index contributed by atoms with van der Waals surface area (Å²) in [7, 11) is 0. The second-order valence-corrected chi connectivity index (χ2v) is 7.33. The Kier molecular flexibility index (Phi) is 4.37. The monoisotopic (exact) mass is 364 g/mol. The zero-order chi connectivity index (χ0) is 17.4. The number of thiophene rings is 1. The molecule has 2 heterocycles. The van der Waals surface area contributed by atoms with Crippen LogP contribution in [0.4, 0.5) is 15.9 Å². The summed E-state index contributed by atoms with van der Waals surface area (Å²) >= 11 is 2.87. The number of aryl methyl sites for hydroxylation is 2. The Morgan fingerprint density at radius 3 is 2.79 bits per heavy atom. The molecule has 0 saturated carbocycles. The van der Waals surface area contributed by atoms with E-state index in [1.165, 1.54) is 17.8 Å². The Hall–Kier alpha value is -2.26. The predicted octanol–water partition coefficient (Wildman–Crippen LogP) is 4.23. The van der Waals surface area contributed by atoms with E-state index in [0.717, 1.165) is 32.8 Å². The predicted molar refractivity (Wildman–Crippen MR) is 93.9 cm³/mol. The van der Waals surface area contributed by atoms with Gasteiger partial charge in [-0.1, -0.05) is 17.8 Å². The fraction of sp³-hybridized carbons (Fsp3) is 0.200. The highest BCUT2D eigenvalue weighted by molar-refractivity contribution is 7.98. The second kappa shape index (κ2) is 6.33. The fourth-order valence-corrected chi connectivity index (χ4v) is 4.15. The smallest absolute Gasteiger partial charge is 0.304 e. The van der Waals surface area contributed by atoms with E-state index in [4.69, 9.17) is 5.73 Å². The molecule has 3 aromatic rings. The number of benzene rings is 1. The summed E-state index contributed by atoms with van der Waals surface area (Å²) in [5.74, 6) is -0.0267. The highest BCUT2D eigenvalue weighted by atomic mass is 32.2. The number of anilines is 1. The molecule has 6 nitrogen and oxygen atoms in total. The van der Waals surface area contributed by atoms with Crippen LogP contribution < -0.4 is 5.73 Å². The lowest BCUT2D eigenvalue weighted by molar-refractivity contribution is -0.387. The molecule has 0 atom stereocenters. The third kappa shape index (κ3) is 3.04. The molecule has 0 aliphatic carbocycles. The van der Waals surface area contributed by atoms with Crippen molar-refractivity contribution in [1.82, 2.24) is 9.97 Å². The maximum Gasteiger partial charge on any atom is 0.304 e. The number of rotatable bonds is 4. The Morgan fingerprint density at radius 1 is 1.38 bits per heavy atom. The van der Waals surface area contributed by atoms with Gasteiger partial charge in [0.25, 0.3) is 0 Å². The minimum absolute atomic E-state index is 0.392. The second-order valence-electron chi connectivity index (χ2n) is 5.19. The molecule has 2 N–H and O–H groups in total. The van der Waals surface area contributed by atoms with Crippen LogP contribution in [0.25, 0.3) is 10.2 Å². The van der Waals surface area contributed by atoms with Crippen LogP contribution in [0.1, 0.15) is 16.0 Å². The molecule has 3 rings (SSSR count). The van der Waals surface area contributed by atoms with E-state index in [1.54, 1.807) is 11.3 Å². The summed E-state index contributed by atoms with van der Waals surface area (Å²) in [6.07, 6.45) is 0. The summed E-state index contributed by atoms with van der Waals surface area (Å²) in [6.45, 7) is 3.99. The third-order valence-corrected chi connectivity index (χ3v) is 5.63. The van der Waals surface area contributed by atoms with Gasteiger partial charge in [0.15, 0.2) is 5.16 Å². The van der Waals surface area contributed by atoms with Crippen LogP contribution in [-0.2, 0) is 5.75 Å². The zero-order valence-electron chi connectivity index (χ0n) is 12.9. The van der Waals surface area contributed by atoms with Crippen molar-refractivity contribution in [2.45, 2.75) is 24.8 Å². The molecule has 9 heteroatoms. The lowest BCUT2D eigenvalue weighted by Crippen LogP contribution is -1.97. The van der Waals surface area contributed by atoms with Crippen molar-refractivity contribution in [2.24, 2.45) is 0 Å². The van der Waals surface area contributed by atoms with Crippen molar-refractivity contribution in [3.05, 3.63) is 50.1 Å². The van der Waals surface area contributed by atoms with E-state index in [0.29, 0.717) is 22.3 Å². The van der Waals surface area contributed by atoms with Gasteiger partial charge in [-0.25, -0.2) is 9.97 Å². The number of nitrogens with two attached hydrogens (primary N) is 1. The molecule has 0 saturated heterocycles. The Balaban J connectivity index is 1.83. The first-order valence-corrected chi connectivity index (χ1v) is 8.76. The van der Waals surface area contributed by atoms with Gasteiger partial charge in [-0.3, -0.25) is 10.1 Å². The highest BCUT2D eigenvalue weighted by Crippen LogP contribution is 2.34. The number of fused-ring (bicyclic) bond motifs is 1. The molecule has 0 aliphatic rings. The van der Waals surface area contributed by atoms with E-state index >= 15 is 0 Å². The minimum atomic E-state index is -0.849. The number of nitro groups is 1. The third-order valence-electron chi connectivity index (χ3n) is 3.61. The summed E-state index contributed by atoms with van der Waals surface area (Å²) in [5.41, 5.74) is 7.19. The number of halogens is 1. The van der Waals surface area contributed by atoms with Crippen molar-refractivity contribution < 1.29 is 9.31 Å². The van der Waals surface area contributed by atoms with Crippen LogP contribution in [-0.4, -0.2) is 14.9 Å². The number of nitrogen functional groups attached to an aromatic ring is 1. The maximum absolute atomic E-state index is 13.6. The number of nitro benzene ring substituents is 1. The Bertz CT molecular complexity index is 958. The molecule has 0 bridgehead atoms. The molecule has 2 aromatic heterocycles. The lowest BCUT2D eigenvalue weighted by Gasteiger charge is -2.04. The molecule has 0 aliphatic heterocycles. The van der Waals surface area contributed by atoms with Gasteiger partial charge in [-0.15, -0.1) is 11.3 Å². The van der Waals surface area contributed by atoms with Crippen LogP contribution >= 0.6 is 23.1 Å². The molecule has 24 heavy (non-hydrogen) atoms. The van der Waals surface area contributed by atoms with Gasteiger partial charge in [-0.05, 0) is 31.0 Å². The van der Waals surface area contributed by atoms with E-state index in [9.17, 15) is 14.5 Å². The van der Waals surface area contributed by atoms with Crippen molar-refractivity contribution >= 4 is 44.8 Å². The van der Waals surface area contributed by atoms with Crippen LogP contribution in [0.2, 0.25) is 0 Å². The SMILES string of the molecule is Cc1sc2nc(SCc3ccc([N+](=O)[O-])c(F)c3)nc(N)c2c1C. The first kappa shape index (κ1) is 16.6. The van der Waals surface area contributed by atoms with Gasteiger partial charge < -0.3 is 5.73 Å². The minimum Gasteiger partial charge on any atom is -0.383 e. The summed E-state index contributed by atoms with van der Waals surface area (Å²) in [4.78, 5) is 20.6. The number of aromatic nitrogens is 2. The van der Waals surface area contributed by atoms with Gasteiger partial charge in [0.1, 0.15) is 10.6 Å². The first-order chi connectivity index (χ1) is 11.4. The first-order valence-electron chi connectivity index (χ1n) is 6.95. The topological polar surface area (TPSA) is 94.9 Å². The van der Waals surface area contributed by atoms with Gasteiger partial charge >= 0.3 is 5.69 Å². The average Bonchev–Trinajstić information content (AvgIpc) is 2.80. The van der Waals surface area contributed by atoms with Crippen LogP contribution in [0.5, 0.6) is 0 Å². The van der Waals surface area contributed by atoms with Crippen LogP contribution in [0, 0.1) is 29.8 Å². The molecule has 1 aromatic carbocycles. The van der Waals surface area contributed by atoms with Crippen LogP contribution in [0.3, 0.4) is 0 Å². The van der Waals surface area contributed by atoms with Gasteiger partial charge in [0, 0.05) is 16.7 Å². The van der Waals surface area contributed by atoms with Gasteiger partial charge in [0.2, 0.25) is 5.82 Å². The van der Waals surface area contributed by atoms with Gasteiger partial charge in [0.05, 0.1) is 10.3 Å². The summed E-state index contributed by atoms with van der Waals surface area (Å²) in [5, 5.41) is 12.0. The van der Waals surface area contributed by atoms with E-state index in [1.807, 2.05) is 13.8 Å². The van der Waals surface area contributed by atoms with E-state index < -0.39 is 16.4 Å². The standard InChI is InChI=1S/C15H13FN4O2S2/c1-7-8(2)24-14-12(7)13(17)18-15(19-14)23-6-9-3-4-11(20(21)22)10(16)5-9/h3-5H,6H2,1-2H3,(H2,17,18,19). The summed E-state index contributed by atoms with van der Waals surface area (Å²) in [6, 6.07) is 3.84. The Morgan fingerprint density at radius 2 is 2.12 bits per heavy atom. The zero-order valence-corrected chi connectivity index (χ0v) is 14.5. The van der Waals surface area contributed by atoms with Gasteiger partial charge in [-0.2, -0.15) is 4.39 Å². The maximum atomic E-state index is 13.6. The molecule has 0 radical (unpaired) electrons. The Labute approximate surface area is 145 Å². The average molecular weight is 364 g/mol. The highest BCUT2D eigenvalue weighted by Gasteiger charge is 2.15. The molecule has 0 fully saturated rings. The molecule has 124 valence electrons.